The van der Waals surface area contributed by atoms with Crippen LogP contribution in [-0.2, 0) is 0 Å². The van der Waals surface area contributed by atoms with Crippen molar-refractivity contribution in [3.63, 3.8) is 0 Å². The van der Waals surface area contributed by atoms with Crippen LogP contribution in [0.1, 0.15) is 0 Å². The molecule has 0 bridgehead atoms. The van der Waals surface area contributed by atoms with Crippen LogP contribution in [-0.4, -0.2) is 50.5 Å². The van der Waals surface area contributed by atoms with Crippen molar-refractivity contribution in [1.29, 1.82) is 0 Å². The first-order valence-corrected chi connectivity index (χ1v) is 7.52. The van der Waals surface area contributed by atoms with Crippen molar-refractivity contribution >= 4 is 23.2 Å². The number of hydrogen-bond acceptors (Lipinski definition) is 6. The number of anilines is 3. The smallest absolute Gasteiger partial charge is 0.319 e. The largest absolute Gasteiger partial charge is 0.495 e. The summed E-state index contributed by atoms with van der Waals surface area (Å²) in [5.41, 5.74) is 1.57. The van der Waals surface area contributed by atoms with E-state index in [9.17, 15) is 4.79 Å². The minimum atomic E-state index is -0.297. The summed E-state index contributed by atoms with van der Waals surface area (Å²) in [5.74, 6) is 1.27. The van der Waals surface area contributed by atoms with E-state index in [1.165, 1.54) is 0 Å². The zero-order valence-electron chi connectivity index (χ0n) is 14.0. The lowest BCUT2D eigenvalue weighted by molar-refractivity contribution is 0.252. The van der Waals surface area contributed by atoms with Gasteiger partial charge in [0.2, 0.25) is 0 Å². The average molecular weight is 330 g/mol. The van der Waals surface area contributed by atoms with E-state index < -0.39 is 0 Å². The minimum absolute atomic E-state index is 0.297. The van der Waals surface area contributed by atoms with Crippen LogP contribution in [0, 0.1) is 0 Å². The number of carbonyl (C=O) groups is 1. The molecule has 2 amide bonds. The summed E-state index contributed by atoms with van der Waals surface area (Å²) in [6.45, 7) is 0.972. The van der Waals surface area contributed by atoms with Gasteiger partial charge in [0.25, 0.3) is 0 Å². The molecular formula is C16H22N6O2. The van der Waals surface area contributed by atoms with E-state index in [2.05, 4.69) is 26.1 Å². The van der Waals surface area contributed by atoms with Crippen molar-refractivity contribution in [1.82, 2.24) is 15.5 Å². The molecule has 128 valence electrons. The monoisotopic (exact) mass is 330 g/mol. The Morgan fingerprint density at radius 1 is 1.25 bits per heavy atom. The summed E-state index contributed by atoms with van der Waals surface area (Å²) in [4.78, 5) is 13.8. The van der Waals surface area contributed by atoms with Gasteiger partial charge in [-0.1, -0.05) is 12.1 Å². The summed E-state index contributed by atoms with van der Waals surface area (Å²) < 4.78 is 5.19. The molecule has 0 saturated heterocycles. The highest BCUT2D eigenvalue weighted by atomic mass is 16.5. The van der Waals surface area contributed by atoms with Gasteiger partial charge in [-0.25, -0.2) is 4.79 Å². The standard InChI is InChI=1S/C16H22N6O2/c1-22(2)12-10-15(21-19-11-12)17-8-9-18-16(23)20-13-6-4-5-7-14(13)24-3/h4-7,10-11H,8-9H2,1-3H3,(H,17,21)(H2,18,20,23). The van der Waals surface area contributed by atoms with Crippen LogP contribution in [0.2, 0.25) is 0 Å². The first kappa shape index (κ1) is 17.3. The predicted molar refractivity (Wildman–Crippen MR) is 94.9 cm³/mol. The van der Waals surface area contributed by atoms with Gasteiger partial charge in [-0.2, -0.15) is 5.10 Å². The molecule has 0 spiro atoms. The number of amides is 2. The van der Waals surface area contributed by atoms with Crippen LogP contribution < -0.4 is 25.6 Å². The average Bonchev–Trinajstić information content (AvgIpc) is 2.59. The molecular weight excluding hydrogens is 308 g/mol. The quantitative estimate of drug-likeness (QED) is 0.670. The highest BCUT2D eigenvalue weighted by molar-refractivity contribution is 5.90. The number of aromatic nitrogens is 2. The van der Waals surface area contributed by atoms with Crippen molar-refractivity contribution in [2.24, 2.45) is 0 Å². The zero-order chi connectivity index (χ0) is 17.4. The summed E-state index contributed by atoms with van der Waals surface area (Å²) in [5, 5.41) is 16.5. The molecule has 0 fully saturated rings. The van der Waals surface area contributed by atoms with Gasteiger partial charge in [0.05, 0.1) is 24.7 Å². The van der Waals surface area contributed by atoms with Gasteiger partial charge in [0.15, 0.2) is 5.82 Å². The fraction of sp³-hybridized carbons (Fsp3) is 0.312. The van der Waals surface area contributed by atoms with Gasteiger partial charge in [0, 0.05) is 33.3 Å². The molecule has 8 nitrogen and oxygen atoms in total. The van der Waals surface area contributed by atoms with Crippen LogP contribution in [0.3, 0.4) is 0 Å². The molecule has 2 aromatic rings. The Hall–Kier alpha value is -3.03. The number of para-hydroxylation sites is 2. The van der Waals surface area contributed by atoms with Crippen molar-refractivity contribution in [3.05, 3.63) is 36.5 Å². The second-order valence-electron chi connectivity index (χ2n) is 5.20. The van der Waals surface area contributed by atoms with Crippen molar-refractivity contribution < 1.29 is 9.53 Å². The van der Waals surface area contributed by atoms with E-state index in [0.29, 0.717) is 30.3 Å². The summed E-state index contributed by atoms with van der Waals surface area (Å²) in [6.07, 6.45) is 1.68. The van der Waals surface area contributed by atoms with E-state index in [4.69, 9.17) is 4.74 Å². The second kappa shape index (κ2) is 8.56. The Morgan fingerprint density at radius 3 is 2.79 bits per heavy atom. The molecule has 0 radical (unpaired) electrons. The van der Waals surface area contributed by atoms with Gasteiger partial charge in [-0.05, 0) is 12.1 Å². The molecule has 24 heavy (non-hydrogen) atoms. The van der Waals surface area contributed by atoms with Gasteiger partial charge in [-0.15, -0.1) is 5.10 Å². The van der Waals surface area contributed by atoms with Gasteiger partial charge < -0.3 is 25.6 Å². The third-order valence-corrected chi connectivity index (χ3v) is 3.23. The van der Waals surface area contributed by atoms with Gasteiger partial charge in [-0.3, -0.25) is 0 Å². The van der Waals surface area contributed by atoms with E-state index in [-0.39, 0.29) is 6.03 Å². The van der Waals surface area contributed by atoms with E-state index in [1.807, 2.05) is 37.2 Å². The zero-order valence-corrected chi connectivity index (χ0v) is 14.0. The van der Waals surface area contributed by atoms with E-state index >= 15 is 0 Å². The third kappa shape index (κ3) is 5.01. The highest BCUT2D eigenvalue weighted by Gasteiger charge is 2.06. The first-order valence-electron chi connectivity index (χ1n) is 7.52. The number of urea groups is 1. The Bertz CT molecular complexity index is 677. The molecule has 1 heterocycles. The Morgan fingerprint density at radius 2 is 2.04 bits per heavy atom. The van der Waals surface area contributed by atoms with Crippen LogP contribution >= 0.6 is 0 Å². The molecule has 8 heteroatoms. The number of rotatable bonds is 7. The fourth-order valence-electron chi connectivity index (χ4n) is 1.97. The lowest BCUT2D eigenvalue weighted by atomic mass is 10.3. The Labute approximate surface area is 141 Å². The molecule has 1 aromatic carbocycles. The summed E-state index contributed by atoms with van der Waals surface area (Å²) in [6, 6.07) is 8.83. The maximum Gasteiger partial charge on any atom is 0.319 e. The topological polar surface area (TPSA) is 91.4 Å². The van der Waals surface area contributed by atoms with Gasteiger partial charge in [0.1, 0.15) is 5.75 Å². The number of ether oxygens (including phenoxy) is 1. The number of benzene rings is 1. The van der Waals surface area contributed by atoms with Crippen molar-refractivity contribution in [3.8, 4) is 5.75 Å². The lowest BCUT2D eigenvalue weighted by Gasteiger charge is -2.13. The molecule has 0 aliphatic carbocycles. The summed E-state index contributed by atoms with van der Waals surface area (Å²) >= 11 is 0. The second-order valence-corrected chi connectivity index (χ2v) is 5.20. The van der Waals surface area contributed by atoms with E-state index in [1.54, 1.807) is 25.4 Å². The highest BCUT2D eigenvalue weighted by Crippen LogP contribution is 2.22. The van der Waals surface area contributed by atoms with Gasteiger partial charge >= 0.3 is 6.03 Å². The number of nitrogens with zero attached hydrogens (tertiary/aromatic N) is 3. The number of nitrogens with one attached hydrogen (secondary N) is 3. The number of methoxy groups -OCH3 is 1. The molecule has 0 atom stereocenters. The minimum Gasteiger partial charge on any atom is -0.495 e. The molecule has 0 aliphatic heterocycles. The molecule has 2 rings (SSSR count). The maximum absolute atomic E-state index is 11.9. The van der Waals surface area contributed by atoms with E-state index in [0.717, 1.165) is 5.69 Å². The number of carbonyl (C=O) groups excluding carboxylic acids is 1. The molecule has 0 saturated carbocycles. The van der Waals surface area contributed by atoms with Crippen LogP contribution in [0.25, 0.3) is 0 Å². The normalized spacial score (nSPS) is 9.96. The van der Waals surface area contributed by atoms with Crippen LogP contribution in [0.5, 0.6) is 5.75 Å². The maximum atomic E-state index is 11.9. The fourth-order valence-corrected chi connectivity index (χ4v) is 1.97. The Kier molecular flexibility index (Phi) is 6.18. The third-order valence-electron chi connectivity index (χ3n) is 3.23. The van der Waals surface area contributed by atoms with Crippen LogP contribution in [0.15, 0.2) is 36.5 Å². The molecule has 0 aliphatic rings. The first-order chi connectivity index (χ1) is 11.6. The molecule has 1 aromatic heterocycles. The number of hydrogen-bond donors (Lipinski definition) is 3. The van der Waals surface area contributed by atoms with Crippen molar-refractivity contribution in [2.45, 2.75) is 0 Å². The lowest BCUT2D eigenvalue weighted by Crippen LogP contribution is -2.32. The molecule has 0 unspecified atom stereocenters. The SMILES string of the molecule is COc1ccccc1NC(=O)NCCNc1cc(N(C)C)cnn1. The summed E-state index contributed by atoms with van der Waals surface area (Å²) in [7, 11) is 5.43. The van der Waals surface area contributed by atoms with Crippen molar-refractivity contribution in [2.75, 3.05) is 49.8 Å². The Balaban J connectivity index is 1.76. The predicted octanol–water partition coefficient (Wildman–Crippen LogP) is 1.78. The van der Waals surface area contributed by atoms with Crippen LogP contribution in [0.4, 0.5) is 22.0 Å². The molecule has 3 N–H and O–H groups in total.